The zero-order valence-electron chi connectivity index (χ0n) is 20.2. The average molecular weight is 500 g/mol. The number of nitrogens with zero attached hydrogens (tertiary/aromatic N) is 4. The van der Waals surface area contributed by atoms with Crippen LogP contribution in [0.5, 0.6) is 0 Å². The number of pyridine rings is 1. The van der Waals surface area contributed by atoms with Crippen LogP contribution in [0.3, 0.4) is 0 Å². The summed E-state index contributed by atoms with van der Waals surface area (Å²) in [6.07, 6.45) is 0.494. The van der Waals surface area contributed by atoms with Gasteiger partial charge in [0, 0.05) is 36.1 Å². The van der Waals surface area contributed by atoms with E-state index < -0.39 is 23.4 Å². The van der Waals surface area contributed by atoms with Crippen molar-refractivity contribution in [3.63, 3.8) is 0 Å². The molecular weight excluding hydrogens is 470 g/mol. The lowest BCUT2D eigenvalue weighted by Crippen LogP contribution is -2.43. The second-order valence-electron chi connectivity index (χ2n) is 9.00. The monoisotopic (exact) mass is 499 g/mol. The fourth-order valence-electron chi connectivity index (χ4n) is 3.35. The van der Waals surface area contributed by atoms with Crippen LogP contribution in [-0.4, -0.2) is 57.0 Å². The van der Waals surface area contributed by atoms with Gasteiger partial charge in [0.2, 0.25) is 5.82 Å². The van der Waals surface area contributed by atoms with E-state index in [4.69, 9.17) is 4.74 Å². The van der Waals surface area contributed by atoms with E-state index in [1.54, 1.807) is 7.05 Å². The number of nitrogens with one attached hydrogen (secondary N) is 1. The Bertz CT molecular complexity index is 1010. The number of aldehydes is 1. The molecule has 0 bridgehead atoms. The standard InChI is InChI=1S/C12H10F4N4.C11H19NO3/c1-17-3-7-2-10(18-6-9(7)13)8-4-19-11(20-5-8)12(14,15)16;1-8-5-6-9(7-13)12(8)10(14)15-11(2,3)4/h2,4-6,17H,3H2,1H3;7-9H,5-6H2,1-4H3. The Labute approximate surface area is 201 Å². The molecule has 0 spiro atoms. The summed E-state index contributed by atoms with van der Waals surface area (Å²) in [6, 6.07) is 1.22. The fourth-order valence-corrected chi connectivity index (χ4v) is 3.35. The van der Waals surface area contributed by atoms with Crippen molar-refractivity contribution in [1.29, 1.82) is 0 Å². The minimum atomic E-state index is -4.59. The summed E-state index contributed by atoms with van der Waals surface area (Å²) in [4.78, 5) is 34.4. The molecule has 1 N–H and O–H groups in total. The first-order valence-corrected chi connectivity index (χ1v) is 10.9. The molecule has 1 saturated heterocycles. The van der Waals surface area contributed by atoms with Gasteiger partial charge in [-0.15, -0.1) is 0 Å². The third-order valence-electron chi connectivity index (χ3n) is 4.98. The number of carbonyl (C=O) groups excluding carboxylic acids is 2. The summed E-state index contributed by atoms with van der Waals surface area (Å²) in [6.45, 7) is 7.68. The molecule has 8 nitrogen and oxygen atoms in total. The molecule has 1 aliphatic rings. The first-order chi connectivity index (χ1) is 16.3. The maximum atomic E-state index is 13.4. The molecule has 2 atom stereocenters. The molecule has 192 valence electrons. The van der Waals surface area contributed by atoms with E-state index in [2.05, 4.69) is 20.3 Å². The summed E-state index contributed by atoms with van der Waals surface area (Å²) < 4.78 is 55.7. The predicted molar refractivity (Wildman–Crippen MR) is 120 cm³/mol. The minimum Gasteiger partial charge on any atom is -0.444 e. The van der Waals surface area contributed by atoms with Crippen molar-refractivity contribution in [2.75, 3.05) is 7.05 Å². The van der Waals surface area contributed by atoms with Gasteiger partial charge in [-0.3, -0.25) is 9.88 Å². The average Bonchev–Trinajstić information content (AvgIpc) is 3.15. The van der Waals surface area contributed by atoms with Crippen LogP contribution in [0, 0.1) is 5.82 Å². The molecule has 35 heavy (non-hydrogen) atoms. The van der Waals surface area contributed by atoms with E-state index in [-0.39, 0.29) is 30.3 Å². The fraction of sp³-hybridized carbons (Fsp3) is 0.522. The number of halogens is 4. The van der Waals surface area contributed by atoms with Crippen molar-refractivity contribution in [3.8, 4) is 11.3 Å². The van der Waals surface area contributed by atoms with E-state index in [0.29, 0.717) is 11.3 Å². The van der Waals surface area contributed by atoms with E-state index in [1.807, 2.05) is 27.7 Å². The molecule has 0 aliphatic carbocycles. The van der Waals surface area contributed by atoms with Gasteiger partial charge in [0.25, 0.3) is 0 Å². The van der Waals surface area contributed by atoms with Crippen LogP contribution in [0.1, 0.15) is 51.9 Å². The zero-order valence-corrected chi connectivity index (χ0v) is 20.2. The van der Waals surface area contributed by atoms with Gasteiger partial charge in [0.05, 0.1) is 17.9 Å². The zero-order chi connectivity index (χ0) is 26.4. The number of ether oxygens (including phenoxy) is 1. The van der Waals surface area contributed by atoms with E-state index in [1.165, 1.54) is 11.0 Å². The Morgan fingerprint density at radius 3 is 2.31 bits per heavy atom. The third kappa shape index (κ3) is 7.94. The van der Waals surface area contributed by atoms with Crippen molar-refractivity contribution >= 4 is 12.4 Å². The highest BCUT2D eigenvalue weighted by molar-refractivity contribution is 5.74. The van der Waals surface area contributed by atoms with Crippen molar-refractivity contribution < 1.29 is 31.9 Å². The van der Waals surface area contributed by atoms with Crippen LogP contribution in [0.25, 0.3) is 11.3 Å². The van der Waals surface area contributed by atoms with E-state index in [0.717, 1.165) is 37.7 Å². The highest BCUT2D eigenvalue weighted by Gasteiger charge is 2.36. The Balaban J connectivity index is 0.000000258. The van der Waals surface area contributed by atoms with Gasteiger partial charge in [-0.05, 0) is 53.7 Å². The number of carbonyl (C=O) groups is 2. The summed E-state index contributed by atoms with van der Waals surface area (Å²) in [7, 11) is 1.65. The van der Waals surface area contributed by atoms with Crippen LogP contribution in [0.2, 0.25) is 0 Å². The van der Waals surface area contributed by atoms with Crippen LogP contribution in [-0.2, 0) is 22.3 Å². The molecule has 3 rings (SSSR count). The topological polar surface area (TPSA) is 97.3 Å². The van der Waals surface area contributed by atoms with Crippen LogP contribution < -0.4 is 5.32 Å². The molecule has 3 heterocycles. The van der Waals surface area contributed by atoms with Crippen molar-refractivity contribution in [1.82, 2.24) is 25.2 Å². The maximum absolute atomic E-state index is 13.4. The van der Waals surface area contributed by atoms with Gasteiger partial charge < -0.3 is 14.8 Å². The molecule has 1 aliphatic heterocycles. The van der Waals surface area contributed by atoms with Gasteiger partial charge >= 0.3 is 12.3 Å². The quantitative estimate of drug-likeness (QED) is 0.492. The molecule has 1 fully saturated rings. The minimum absolute atomic E-state index is 0.0926. The third-order valence-corrected chi connectivity index (χ3v) is 4.98. The Hall–Kier alpha value is -3.15. The Morgan fingerprint density at radius 1 is 1.17 bits per heavy atom. The number of hydrogen-bond donors (Lipinski definition) is 1. The Kier molecular flexibility index (Phi) is 9.24. The summed E-state index contributed by atoms with van der Waals surface area (Å²) >= 11 is 0. The molecule has 0 saturated carbocycles. The molecule has 2 aromatic heterocycles. The molecule has 0 aromatic carbocycles. The highest BCUT2D eigenvalue weighted by Crippen LogP contribution is 2.27. The van der Waals surface area contributed by atoms with Crippen molar-refractivity contribution in [2.45, 2.75) is 70.9 Å². The lowest BCUT2D eigenvalue weighted by atomic mass is 10.1. The number of amides is 1. The van der Waals surface area contributed by atoms with Gasteiger partial charge in [-0.2, -0.15) is 13.2 Å². The van der Waals surface area contributed by atoms with E-state index >= 15 is 0 Å². The number of aromatic nitrogens is 3. The number of likely N-dealkylation sites (tertiary alicyclic amines) is 1. The van der Waals surface area contributed by atoms with E-state index in [9.17, 15) is 27.2 Å². The van der Waals surface area contributed by atoms with Crippen LogP contribution >= 0.6 is 0 Å². The number of rotatable bonds is 4. The molecule has 1 amide bonds. The maximum Gasteiger partial charge on any atom is 0.451 e. The lowest BCUT2D eigenvalue weighted by molar-refractivity contribution is -0.145. The molecule has 2 aromatic rings. The molecular formula is C23H29F4N5O3. The van der Waals surface area contributed by atoms with Gasteiger partial charge in [-0.1, -0.05) is 0 Å². The number of alkyl halides is 3. The summed E-state index contributed by atoms with van der Waals surface area (Å²) in [5.41, 5.74) is 0.449. The lowest BCUT2D eigenvalue weighted by Gasteiger charge is -2.29. The number of hydrogen-bond acceptors (Lipinski definition) is 7. The van der Waals surface area contributed by atoms with Crippen molar-refractivity contribution in [3.05, 3.63) is 41.9 Å². The summed E-state index contributed by atoms with van der Waals surface area (Å²) in [5, 5.41) is 2.78. The largest absolute Gasteiger partial charge is 0.451 e. The van der Waals surface area contributed by atoms with Crippen LogP contribution in [0.15, 0.2) is 24.7 Å². The van der Waals surface area contributed by atoms with Gasteiger partial charge in [0.15, 0.2) is 0 Å². The predicted octanol–water partition coefficient (Wildman–Crippen LogP) is 4.39. The molecule has 0 radical (unpaired) electrons. The second-order valence-corrected chi connectivity index (χ2v) is 9.00. The van der Waals surface area contributed by atoms with Crippen molar-refractivity contribution in [2.24, 2.45) is 0 Å². The SMILES string of the molecule is CC1CCC(C=O)N1C(=O)OC(C)(C)C.CNCc1cc(-c2cnc(C(F)(F)F)nc2)ncc1F. The smallest absolute Gasteiger partial charge is 0.444 e. The summed E-state index contributed by atoms with van der Waals surface area (Å²) in [5.74, 6) is -1.71. The normalized spacial score (nSPS) is 18.0. The second kappa shape index (κ2) is 11.5. The highest BCUT2D eigenvalue weighted by atomic mass is 19.4. The first kappa shape index (κ1) is 28.1. The first-order valence-electron chi connectivity index (χ1n) is 10.9. The Morgan fingerprint density at radius 2 is 1.80 bits per heavy atom. The molecule has 2 unspecified atom stereocenters. The molecule has 12 heteroatoms. The van der Waals surface area contributed by atoms with Gasteiger partial charge in [-0.25, -0.2) is 19.2 Å². The van der Waals surface area contributed by atoms with Gasteiger partial charge in [0.1, 0.15) is 17.7 Å². The van der Waals surface area contributed by atoms with Crippen LogP contribution in [0.4, 0.5) is 22.4 Å².